The van der Waals surface area contributed by atoms with E-state index in [0.717, 1.165) is 16.8 Å². The number of rotatable bonds is 8. The zero-order chi connectivity index (χ0) is 20.8. The Morgan fingerprint density at radius 1 is 1.07 bits per heavy atom. The Bertz CT molecular complexity index is 1000. The lowest BCUT2D eigenvalue weighted by atomic mass is 10.1. The summed E-state index contributed by atoms with van der Waals surface area (Å²) in [5.74, 6) is 0.222. The normalized spacial score (nSPS) is 10.4. The molecule has 0 radical (unpaired) electrons. The smallest absolute Gasteiger partial charge is 0.335 e. The van der Waals surface area contributed by atoms with E-state index in [1.807, 2.05) is 31.2 Å². The van der Waals surface area contributed by atoms with E-state index in [2.05, 4.69) is 11.4 Å². The molecule has 0 aliphatic rings. The number of aromatic carboxylic acids is 1. The highest BCUT2D eigenvalue weighted by Gasteiger charge is 2.11. The van der Waals surface area contributed by atoms with Crippen molar-refractivity contribution in [1.82, 2.24) is 0 Å². The standard InChI is InChI=1S/C23H22ClNO4/c1-15-4-3-5-16(10-15)14-29-22-12-20(24)18(11-21(22)28-2)13-25-19-8-6-17(7-9-19)23(26)27/h3-12,25H,13-14H2,1-2H3,(H,26,27). The third-order valence-corrected chi connectivity index (χ3v) is 4.78. The first-order valence-corrected chi connectivity index (χ1v) is 9.46. The summed E-state index contributed by atoms with van der Waals surface area (Å²) in [5, 5.41) is 12.8. The molecule has 0 amide bonds. The van der Waals surface area contributed by atoms with Crippen molar-refractivity contribution in [1.29, 1.82) is 0 Å². The number of hydrogen-bond acceptors (Lipinski definition) is 4. The molecule has 150 valence electrons. The van der Waals surface area contributed by atoms with E-state index in [1.165, 1.54) is 5.56 Å². The third kappa shape index (κ3) is 5.42. The molecular formula is C23H22ClNO4. The number of anilines is 1. The summed E-state index contributed by atoms with van der Waals surface area (Å²) in [6.07, 6.45) is 0. The lowest BCUT2D eigenvalue weighted by Crippen LogP contribution is -2.03. The first-order valence-electron chi connectivity index (χ1n) is 9.08. The molecule has 6 heteroatoms. The summed E-state index contributed by atoms with van der Waals surface area (Å²) in [6, 6.07) is 18.2. The van der Waals surface area contributed by atoms with E-state index in [-0.39, 0.29) is 5.56 Å². The highest BCUT2D eigenvalue weighted by Crippen LogP contribution is 2.34. The number of carbonyl (C=O) groups is 1. The Kier molecular flexibility index (Phi) is 6.62. The summed E-state index contributed by atoms with van der Waals surface area (Å²) in [6.45, 7) is 2.92. The molecule has 3 aromatic rings. The number of aryl methyl sites for hydroxylation is 1. The van der Waals surface area contributed by atoms with Gasteiger partial charge in [-0.05, 0) is 48.4 Å². The number of hydrogen-bond donors (Lipinski definition) is 2. The van der Waals surface area contributed by atoms with Crippen LogP contribution in [0.1, 0.15) is 27.0 Å². The van der Waals surface area contributed by atoms with E-state index in [4.69, 9.17) is 26.2 Å². The third-order valence-electron chi connectivity index (χ3n) is 4.42. The van der Waals surface area contributed by atoms with Gasteiger partial charge in [0.1, 0.15) is 6.61 Å². The monoisotopic (exact) mass is 411 g/mol. The first-order chi connectivity index (χ1) is 14.0. The SMILES string of the molecule is COc1cc(CNc2ccc(C(=O)O)cc2)c(Cl)cc1OCc1cccc(C)c1. The van der Waals surface area contributed by atoms with Crippen molar-refractivity contribution >= 4 is 23.3 Å². The van der Waals surface area contributed by atoms with Crippen LogP contribution in [0, 0.1) is 6.92 Å². The molecule has 0 aliphatic carbocycles. The fourth-order valence-corrected chi connectivity index (χ4v) is 3.10. The van der Waals surface area contributed by atoms with Crippen LogP contribution in [0.25, 0.3) is 0 Å². The van der Waals surface area contributed by atoms with Crippen molar-refractivity contribution in [2.24, 2.45) is 0 Å². The number of benzene rings is 3. The van der Waals surface area contributed by atoms with Crippen molar-refractivity contribution in [2.75, 3.05) is 12.4 Å². The largest absolute Gasteiger partial charge is 0.493 e. The predicted molar refractivity (Wildman–Crippen MR) is 114 cm³/mol. The first kappa shape index (κ1) is 20.6. The van der Waals surface area contributed by atoms with Gasteiger partial charge in [0.15, 0.2) is 11.5 Å². The summed E-state index contributed by atoms with van der Waals surface area (Å²) in [4.78, 5) is 10.9. The quantitative estimate of drug-likeness (QED) is 0.509. The van der Waals surface area contributed by atoms with Gasteiger partial charge >= 0.3 is 5.97 Å². The van der Waals surface area contributed by atoms with Gasteiger partial charge in [0.05, 0.1) is 12.7 Å². The van der Waals surface area contributed by atoms with Crippen molar-refractivity contribution in [2.45, 2.75) is 20.1 Å². The van der Waals surface area contributed by atoms with E-state index in [1.54, 1.807) is 37.4 Å². The lowest BCUT2D eigenvalue weighted by Gasteiger charge is -2.15. The molecule has 0 heterocycles. The number of carboxylic acid groups (broad SMARTS) is 1. The minimum atomic E-state index is -0.953. The van der Waals surface area contributed by atoms with Crippen LogP contribution in [0.3, 0.4) is 0 Å². The minimum Gasteiger partial charge on any atom is -0.493 e. The molecule has 0 aliphatic heterocycles. The van der Waals surface area contributed by atoms with E-state index in [0.29, 0.717) is 29.7 Å². The van der Waals surface area contributed by atoms with Crippen LogP contribution in [-0.4, -0.2) is 18.2 Å². The van der Waals surface area contributed by atoms with Crippen molar-refractivity contribution in [3.8, 4) is 11.5 Å². The molecule has 0 saturated heterocycles. The van der Waals surface area contributed by atoms with Gasteiger partial charge in [-0.1, -0.05) is 41.4 Å². The molecule has 2 N–H and O–H groups in total. The maximum atomic E-state index is 10.9. The average Bonchev–Trinajstić information content (AvgIpc) is 2.71. The number of carboxylic acids is 1. The van der Waals surface area contributed by atoms with E-state index >= 15 is 0 Å². The summed E-state index contributed by atoms with van der Waals surface area (Å²) < 4.78 is 11.4. The number of nitrogens with one attached hydrogen (secondary N) is 1. The number of methoxy groups -OCH3 is 1. The second-order valence-electron chi connectivity index (χ2n) is 6.61. The van der Waals surface area contributed by atoms with Crippen LogP contribution in [0.15, 0.2) is 60.7 Å². The van der Waals surface area contributed by atoms with Gasteiger partial charge in [0.25, 0.3) is 0 Å². The molecule has 3 rings (SSSR count). The Hall–Kier alpha value is -3.18. The zero-order valence-corrected chi connectivity index (χ0v) is 17.0. The molecule has 3 aromatic carbocycles. The second-order valence-corrected chi connectivity index (χ2v) is 7.02. The Morgan fingerprint density at radius 3 is 2.48 bits per heavy atom. The van der Waals surface area contributed by atoms with Gasteiger partial charge in [-0.15, -0.1) is 0 Å². The Labute approximate surface area is 174 Å². The molecular weight excluding hydrogens is 390 g/mol. The molecule has 0 bridgehead atoms. The summed E-state index contributed by atoms with van der Waals surface area (Å²) in [5.41, 5.74) is 4.12. The second kappa shape index (κ2) is 9.34. The number of halogens is 1. The Morgan fingerprint density at radius 2 is 1.83 bits per heavy atom. The topological polar surface area (TPSA) is 67.8 Å². The van der Waals surface area contributed by atoms with Gasteiger partial charge < -0.3 is 19.9 Å². The fraction of sp³-hybridized carbons (Fsp3) is 0.174. The molecule has 0 saturated carbocycles. The van der Waals surface area contributed by atoms with Gasteiger partial charge in [0.2, 0.25) is 0 Å². The molecule has 0 atom stereocenters. The van der Waals surface area contributed by atoms with Gasteiger partial charge in [-0.25, -0.2) is 4.79 Å². The van der Waals surface area contributed by atoms with Gasteiger partial charge in [-0.3, -0.25) is 0 Å². The maximum Gasteiger partial charge on any atom is 0.335 e. The number of ether oxygens (including phenoxy) is 2. The van der Waals surface area contributed by atoms with Crippen LogP contribution >= 0.6 is 11.6 Å². The predicted octanol–water partition coefficient (Wildman–Crippen LogP) is 5.55. The zero-order valence-electron chi connectivity index (χ0n) is 16.2. The Balaban J connectivity index is 1.69. The van der Waals surface area contributed by atoms with E-state index < -0.39 is 5.97 Å². The highest BCUT2D eigenvalue weighted by atomic mass is 35.5. The molecule has 5 nitrogen and oxygen atoms in total. The van der Waals surface area contributed by atoms with Crippen LogP contribution < -0.4 is 14.8 Å². The van der Waals surface area contributed by atoms with Gasteiger partial charge in [-0.2, -0.15) is 0 Å². The van der Waals surface area contributed by atoms with Crippen LogP contribution in [0.4, 0.5) is 5.69 Å². The average molecular weight is 412 g/mol. The summed E-state index contributed by atoms with van der Waals surface area (Å²) in [7, 11) is 1.59. The van der Waals surface area contributed by atoms with Crippen LogP contribution in [0.2, 0.25) is 5.02 Å². The summed E-state index contributed by atoms with van der Waals surface area (Å²) >= 11 is 6.45. The molecule has 0 aromatic heterocycles. The van der Waals surface area contributed by atoms with Crippen molar-refractivity contribution < 1.29 is 19.4 Å². The molecule has 0 fully saturated rings. The van der Waals surface area contributed by atoms with Crippen LogP contribution in [-0.2, 0) is 13.2 Å². The molecule has 0 unspecified atom stereocenters. The molecule has 0 spiro atoms. The maximum absolute atomic E-state index is 10.9. The van der Waals surface area contributed by atoms with Crippen LogP contribution in [0.5, 0.6) is 11.5 Å². The highest BCUT2D eigenvalue weighted by molar-refractivity contribution is 6.31. The van der Waals surface area contributed by atoms with E-state index in [9.17, 15) is 4.79 Å². The van der Waals surface area contributed by atoms with Crippen molar-refractivity contribution in [3.63, 3.8) is 0 Å². The lowest BCUT2D eigenvalue weighted by molar-refractivity contribution is 0.0697. The fourth-order valence-electron chi connectivity index (χ4n) is 2.88. The van der Waals surface area contributed by atoms with Gasteiger partial charge in [0, 0.05) is 23.3 Å². The minimum absolute atomic E-state index is 0.241. The molecule has 29 heavy (non-hydrogen) atoms. The van der Waals surface area contributed by atoms with Crippen molar-refractivity contribution in [3.05, 3.63) is 87.9 Å².